The summed E-state index contributed by atoms with van der Waals surface area (Å²) in [5.41, 5.74) is 0. The van der Waals surface area contributed by atoms with E-state index in [1.165, 1.54) is 109 Å². The summed E-state index contributed by atoms with van der Waals surface area (Å²) in [5.74, 6) is -0.591. The predicted octanol–water partition coefficient (Wildman–Crippen LogP) is 13.7. The summed E-state index contributed by atoms with van der Waals surface area (Å²) in [7, 11) is 0. The number of rotatable bonds is 41. The molecule has 3 N–H and O–H groups in total. The molecule has 56 heavy (non-hydrogen) atoms. The van der Waals surface area contributed by atoms with Crippen LogP contribution in [0.4, 0.5) is 0 Å². The van der Waals surface area contributed by atoms with Gasteiger partial charge in [0.1, 0.15) is 6.10 Å². The van der Waals surface area contributed by atoms with Crippen molar-refractivity contribution < 1.29 is 24.5 Å². The van der Waals surface area contributed by atoms with Gasteiger partial charge in [-0.3, -0.25) is 9.59 Å². The number of amides is 1. The third-order valence-corrected chi connectivity index (χ3v) is 10.3. The summed E-state index contributed by atoms with van der Waals surface area (Å²) in [6.07, 6.45) is 52.9. The Hall–Kier alpha value is -2.44. The summed E-state index contributed by atoms with van der Waals surface area (Å²) in [5, 5.41) is 23.6. The van der Waals surface area contributed by atoms with E-state index in [1.54, 1.807) is 0 Å². The number of allylic oxidation sites excluding steroid dienone is 9. The lowest BCUT2D eigenvalue weighted by Crippen LogP contribution is -2.46. The molecule has 0 saturated heterocycles. The number of ether oxygens (including phenoxy) is 1. The summed E-state index contributed by atoms with van der Waals surface area (Å²) < 4.78 is 5.83. The molecule has 1 amide bonds. The first-order valence-corrected chi connectivity index (χ1v) is 23.5. The number of hydrogen-bond donors (Lipinski definition) is 3. The van der Waals surface area contributed by atoms with E-state index in [9.17, 15) is 19.8 Å². The first-order valence-electron chi connectivity index (χ1n) is 23.5. The zero-order chi connectivity index (χ0) is 41.0. The van der Waals surface area contributed by atoms with E-state index in [2.05, 4.69) is 74.7 Å². The number of hydrogen-bond acceptors (Lipinski definition) is 5. The van der Waals surface area contributed by atoms with Gasteiger partial charge in [-0.05, 0) is 64.2 Å². The lowest BCUT2D eigenvalue weighted by Gasteiger charge is -2.24. The normalized spacial score (nSPS) is 13.9. The van der Waals surface area contributed by atoms with E-state index in [0.29, 0.717) is 19.3 Å². The molecule has 0 aliphatic carbocycles. The molecule has 0 bridgehead atoms. The quantitative estimate of drug-likeness (QED) is 0.0326. The summed E-state index contributed by atoms with van der Waals surface area (Å²) in [4.78, 5) is 25.9. The molecule has 0 aliphatic heterocycles. The number of carbonyl (C=O) groups is 2. The van der Waals surface area contributed by atoms with Crippen LogP contribution in [0.2, 0.25) is 0 Å². The van der Waals surface area contributed by atoms with Crippen molar-refractivity contribution in [2.75, 3.05) is 6.61 Å². The SMILES string of the molecule is CCCC/C=C\CCCCCCCC(=O)OC(C/C=C\C/C=C\C/C=C\C/C=C\CCCCC)CC(=O)NC(CO)C(O)CCCCCCCCCCCCC. The van der Waals surface area contributed by atoms with Crippen LogP contribution in [0, 0.1) is 0 Å². The smallest absolute Gasteiger partial charge is 0.306 e. The molecule has 0 aliphatic rings. The number of aliphatic hydroxyl groups excluding tert-OH is 2. The average Bonchev–Trinajstić information content (AvgIpc) is 3.19. The molecule has 0 aromatic heterocycles. The Labute approximate surface area is 346 Å². The highest BCUT2D eigenvalue weighted by Gasteiger charge is 2.23. The van der Waals surface area contributed by atoms with Crippen molar-refractivity contribution in [3.63, 3.8) is 0 Å². The summed E-state index contributed by atoms with van der Waals surface area (Å²) >= 11 is 0. The highest BCUT2D eigenvalue weighted by Crippen LogP contribution is 2.15. The van der Waals surface area contributed by atoms with Crippen molar-refractivity contribution in [3.8, 4) is 0 Å². The van der Waals surface area contributed by atoms with E-state index in [0.717, 1.165) is 64.2 Å². The van der Waals surface area contributed by atoms with Gasteiger partial charge < -0.3 is 20.3 Å². The van der Waals surface area contributed by atoms with Gasteiger partial charge in [0.05, 0.1) is 25.2 Å². The maximum Gasteiger partial charge on any atom is 0.306 e. The molecule has 0 fully saturated rings. The number of aliphatic hydroxyl groups is 2. The minimum atomic E-state index is -0.811. The number of nitrogens with one attached hydrogen (secondary N) is 1. The molecule has 0 aromatic rings. The lowest BCUT2D eigenvalue weighted by molar-refractivity contribution is -0.150. The first-order chi connectivity index (χ1) is 27.5. The van der Waals surface area contributed by atoms with Gasteiger partial charge in [0.25, 0.3) is 0 Å². The lowest BCUT2D eigenvalue weighted by atomic mass is 10.0. The Morgan fingerprint density at radius 2 is 0.964 bits per heavy atom. The van der Waals surface area contributed by atoms with Crippen LogP contribution in [0.25, 0.3) is 0 Å². The van der Waals surface area contributed by atoms with Crippen molar-refractivity contribution in [2.24, 2.45) is 0 Å². The number of carbonyl (C=O) groups excluding carboxylic acids is 2. The van der Waals surface area contributed by atoms with Gasteiger partial charge in [0, 0.05) is 12.8 Å². The van der Waals surface area contributed by atoms with E-state index in [1.807, 2.05) is 12.2 Å². The van der Waals surface area contributed by atoms with Crippen LogP contribution in [-0.4, -0.2) is 46.9 Å². The van der Waals surface area contributed by atoms with Crippen LogP contribution >= 0.6 is 0 Å². The van der Waals surface area contributed by atoms with Crippen LogP contribution in [0.5, 0.6) is 0 Å². The van der Waals surface area contributed by atoms with Crippen LogP contribution < -0.4 is 5.32 Å². The Morgan fingerprint density at radius 1 is 0.536 bits per heavy atom. The van der Waals surface area contributed by atoms with Crippen molar-refractivity contribution >= 4 is 11.9 Å². The van der Waals surface area contributed by atoms with Crippen molar-refractivity contribution in [1.82, 2.24) is 5.32 Å². The van der Waals surface area contributed by atoms with Gasteiger partial charge in [0.2, 0.25) is 5.91 Å². The average molecular weight is 784 g/mol. The van der Waals surface area contributed by atoms with Crippen molar-refractivity contribution in [1.29, 1.82) is 0 Å². The Kier molecular flexibility index (Phi) is 41.8. The molecule has 6 nitrogen and oxygen atoms in total. The minimum Gasteiger partial charge on any atom is -0.461 e. The number of esters is 1. The molecule has 0 aromatic carbocycles. The zero-order valence-corrected chi connectivity index (χ0v) is 36.8. The van der Waals surface area contributed by atoms with Crippen LogP contribution in [0.15, 0.2) is 60.8 Å². The summed E-state index contributed by atoms with van der Waals surface area (Å²) in [6, 6.07) is -0.731. The second kappa shape index (κ2) is 43.7. The van der Waals surface area contributed by atoms with E-state index < -0.39 is 18.2 Å². The van der Waals surface area contributed by atoms with Crippen LogP contribution in [-0.2, 0) is 14.3 Å². The topological polar surface area (TPSA) is 95.9 Å². The standard InChI is InChI=1S/C50H89NO5/c1-4-7-10-13-16-19-22-23-24-25-28-29-32-35-38-41-46(56-50(55)43-40-37-34-31-27-21-18-15-12-9-6-3)44-49(54)51-47(45-52)48(53)42-39-36-33-30-26-20-17-14-11-8-5-2/h15-16,18-19,23-24,28-29,35,38,46-48,52-53H,4-14,17,20-22,25-27,30-34,36-37,39-45H2,1-3H3,(H,51,54)/b18-15-,19-16-,24-23-,29-28-,38-35-. The number of unbranched alkanes of at least 4 members (excludes halogenated alkanes) is 20. The van der Waals surface area contributed by atoms with E-state index >= 15 is 0 Å². The molecule has 0 spiro atoms. The van der Waals surface area contributed by atoms with E-state index in [-0.39, 0.29) is 24.9 Å². The maximum absolute atomic E-state index is 13.1. The second-order valence-corrected chi connectivity index (χ2v) is 15.8. The fourth-order valence-electron chi connectivity index (χ4n) is 6.68. The monoisotopic (exact) mass is 784 g/mol. The van der Waals surface area contributed by atoms with Gasteiger partial charge in [-0.1, -0.05) is 197 Å². The maximum atomic E-state index is 13.1. The fraction of sp³-hybridized carbons (Fsp3) is 0.760. The third-order valence-electron chi connectivity index (χ3n) is 10.3. The van der Waals surface area contributed by atoms with Crippen LogP contribution in [0.3, 0.4) is 0 Å². The zero-order valence-electron chi connectivity index (χ0n) is 36.8. The molecule has 0 saturated carbocycles. The molecule has 3 unspecified atom stereocenters. The Bertz CT molecular complexity index is 1010. The first kappa shape index (κ1) is 53.6. The second-order valence-electron chi connectivity index (χ2n) is 15.8. The van der Waals surface area contributed by atoms with E-state index in [4.69, 9.17) is 4.74 Å². The highest BCUT2D eigenvalue weighted by atomic mass is 16.5. The highest BCUT2D eigenvalue weighted by molar-refractivity contribution is 5.77. The molecule has 0 heterocycles. The predicted molar refractivity (Wildman–Crippen MR) is 241 cm³/mol. The molecular formula is C50H89NO5. The molecular weight excluding hydrogens is 695 g/mol. The van der Waals surface area contributed by atoms with Crippen molar-refractivity contribution in [2.45, 2.75) is 238 Å². The molecule has 0 rings (SSSR count). The largest absolute Gasteiger partial charge is 0.461 e. The Balaban J connectivity index is 4.77. The molecule has 3 atom stereocenters. The van der Waals surface area contributed by atoms with Gasteiger partial charge >= 0.3 is 5.97 Å². The molecule has 324 valence electrons. The van der Waals surface area contributed by atoms with Crippen molar-refractivity contribution in [3.05, 3.63) is 60.8 Å². The molecule has 0 radical (unpaired) electrons. The summed E-state index contributed by atoms with van der Waals surface area (Å²) in [6.45, 7) is 6.36. The molecule has 6 heteroatoms. The van der Waals surface area contributed by atoms with Crippen LogP contribution in [0.1, 0.15) is 220 Å². The van der Waals surface area contributed by atoms with Gasteiger partial charge in [-0.15, -0.1) is 0 Å². The van der Waals surface area contributed by atoms with Gasteiger partial charge in [-0.2, -0.15) is 0 Å². The minimum absolute atomic E-state index is 0.00278. The third kappa shape index (κ3) is 38.4. The fourth-order valence-corrected chi connectivity index (χ4v) is 6.68. The van der Waals surface area contributed by atoms with Gasteiger partial charge in [0.15, 0.2) is 0 Å². The van der Waals surface area contributed by atoms with Gasteiger partial charge in [-0.25, -0.2) is 0 Å². The Morgan fingerprint density at radius 3 is 1.54 bits per heavy atom.